The SMILES string of the molecule is Cc1ccc(C(CC(=O)O)NC(=O)c2ccc(=O)n(C)n2)cc1. The van der Waals surface area contributed by atoms with Gasteiger partial charge in [-0.25, -0.2) is 4.68 Å². The number of amides is 1. The summed E-state index contributed by atoms with van der Waals surface area (Å²) in [6.07, 6.45) is -0.249. The fourth-order valence-corrected chi connectivity index (χ4v) is 2.08. The van der Waals surface area contributed by atoms with Crippen molar-refractivity contribution in [2.45, 2.75) is 19.4 Å². The van der Waals surface area contributed by atoms with E-state index in [1.165, 1.54) is 19.2 Å². The molecule has 120 valence electrons. The van der Waals surface area contributed by atoms with Crippen LogP contribution in [-0.2, 0) is 11.8 Å². The largest absolute Gasteiger partial charge is 0.481 e. The normalized spacial score (nSPS) is 11.7. The van der Waals surface area contributed by atoms with Crippen LogP contribution in [0.25, 0.3) is 0 Å². The predicted octanol–water partition coefficient (Wildman–Crippen LogP) is 1.03. The van der Waals surface area contributed by atoms with Gasteiger partial charge in [0.15, 0.2) is 0 Å². The van der Waals surface area contributed by atoms with E-state index in [1.807, 2.05) is 19.1 Å². The molecule has 1 aromatic carbocycles. The van der Waals surface area contributed by atoms with Crippen LogP contribution in [0.2, 0.25) is 0 Å². The number of benzene rings is 1. The van der Waals surface area contributed by atoms with Crippen molar-refractivity contribution in [2.75, 3.05) is 0 Å². The summed E-state index contributed by atoms with van der Waals surface area (Å²) >= 11 is 0. The highest BCUT2D eigenvalue weighted by Crippen LogP contribution is 2.18. The van der Waals surface area contributed by atoms with E-state index >= 15 is 0 Å². The van der Waals surface area contributed by atoms with E-state index in [9.17, 15) is 14.4 Å². The average molecular weight is 315 g/mol. The van der Waals surface area contributed by atoms with Gasteiger partial charge in [-0.15, -0.1) is 0 Å². The summed E-state index contributed by atoms with van der Waals surface area (Å²) in [5, 5.41) is 15.6. The predicted molar refractivity (Wildman–Crippen MR) is 83.1 cm³/mol. The number of aryl methyl sites for hydroxylation is 2. The van der Waals surface area contributed by atoms with E-state index in [4.69, 9.17) is 5.11 Å². The Morgan fingerprint density at radius 3 is 2.43 bits per heavy atom. The van der Waals surface area contributed by atoms with Crippen molar-refractivity contribution in [1.82, 2.24) is 15.1 Å². The molecule has 1 amide bonds. The Bertz CT molecular complexity index is 781. The van der Waals surface area contributed by atoms with Crippen molar-refractivity contribution in [1.29, 1.82) is 0 Å². The number of carboxylic acids is 1. The maximum atomic E-state index is 12.3. The van der Waals surface area contributed by atoms with Crippen LogP contribution in [0.3, 0.4) is 0 Å². The van der Waals surface area contributed by atoms with Crippen LogP contribution in [0.5, 0.6) is 0 Å². The van der Waals surface area contributed by atoms with Gasteiger partial charge < -0.3 is 10.4 Å². The molecule has 23 heavy (non-hydrogen) atoms. The zero-order valence-corrected chi connectivity index (χ0v) is 12.8. The number of hydrogen-bond acceptors (Lipinski definition) is 4. The summed E-state index contributed by atoms with van der Waals surface area (Å²) in [5.74, 6) is -1.56. The lowest BCUT2D eigenvalue weighted by Crippen LogP contribution is -2.32. The molecule has 2 N–H and O–H groups in total. The second-order valence-corrected chi connectivity index (χ2v) is 5.22. The number of carbonyl (C=O) groups is 2. The topological polar surface area (TPSA) is 101 Å². The van der Waals surface area contributed by atoms with Gasteiger partial charge in [0.05, 0.1) is 12.5 Å². The second kappa shape index (κ2) is 6.87. The Balaban J connectivity index is 2.24. The summed E-state index contributed by atoms with van der Waals surface area (Å²) < 4.78 is 1.05. The number of carbonyl (C=O) groups excluding carboxylic acids is 1. The van der Waals surface area contributed by atoms with Crippen LogP contribution in [0.1, 0.15) is 34.1 Å². The van der Waals surface area contributed by atoms with Gasteiger partial charge in [0.25, 0.3) is 11.5 Å². The molecule has 7 heteroatoms. The Labute approximate surface area is 132 Å². The number of carboxylic acid groups (broad SMARTS) is 1. The highest BCUT2D eigenvalue weighted by Gasteiger charge is 2.20. The average Bonchev–Trinajstić information content (AvgIpc) is 2.49. The molecule has 0 spiro atoms. The fraction of sp³-hybridized carbons (Fsp3) is 0.250. The number of aliphatic carboxylic acids is 1. The highest BCUT2D eigenvalue weighted by atomic mass is 16.4. The smallest absolute Gasteiger partial charge is 0.305 e. The van der Waals surface area contributed by atoms with E-state index in [1.54, 1.807) is 12.1 Å². The maximum absolute atomic E-state index is 12.3. The van der Waals surface area contributed by atoms with Crippen LogP contribution in [0.15, 0.2) is 41.2 Å². The molecular weight excluding hydrogens is 298 g/mol. The number of rotatable bonds is 5. The molecule has 1 aromatic heterocycles. The van der Waals surface area contributed by atoms with E-state index in [0.717, 1.165) is 10.2 Å². The van der Waals surface area contributed by atoms with Crippen molar-refractivity contribution in [3.8, 4) is 0 Å². The van der Waals surface area contributed by atoms with Gasteiger partial charge >= 0.3 is 5.97 Å². The standard InChI is InChI=1S/C16H17N3O4/c1-10-3-5-11(6-4-10)13(9-15(21)22)17-16(23)12-7-8-14(20)19(2)18-12/h3-8,13H,9H2,1-2H3,(H,17,23)(H,21,22). The molecule has 7 nitrogen and oxygen atoms in total. The minimum atomic E-state index is -1.02. The molecule has 0 bridgehead atoms. The highest BCUT2D eigenvalue weighted by molar-refractivity contribution is 5.92. The van der Waals surface area contributed by atoms with Gasteiger partial charge in [0, 0.05) is 13.1 Å². The molecule has 1 heterocycles. The minimum Gasteiger partial charge on any atom is -0.481 e. The number of aromatic nitrogens is 2. The first kappa shape index (κ1) is 16.4. The zero-order chi connectivity index (χ0) is 17.0. The molecule has 0 saturated carbocycles. The molecule has 1 unspecified atom stereocenters. The molecule has 2 aromatic rings. The maximum Gasteiger partial charge on any atom is 0.305 e. The van der Waals surface area contributed by atoms with Crippen molar-refractivity contribution >= 4 is 11.9 Å². The first-order chi connectivity index (χ1) is 10.9. The molecule has 0 fully saturated rings. The lowest BCUT2D eigenvalue weighted by Gasteiger charge is -2.17. The fourth-order valence-electron chi connectivity index (χ4n) is 2.08. The van der Waals surface area contributed by atoms with Gasteiger partial charge in [-0.05, 0) is 18.6 Å². The number of nitrogens with zero attached hydrogens (tertiary/aromatic N) is 2. The molecule has 0 saturated heterocycles. The van der Waals surface area contributed by atoms with Crippen LogP contribution >= 0.6 is 0 Å². The Morgan fingerprint density at radius 2 is 1.87 bits per heavy atom. The second-order valence-electron chi connectivity index (χ2n) is 5.22. The van der Waals surface area contributed by atoms with Crippen LogP contribution in [0, 0.1) is 6.92 Å². The molecule has 0 aliphatic carbocycles. The van der Waals surface area contributed by atoms with Gasteiger partial charge in [0.2, 0.25) is 0 Å². The third kappa shape index (κ3) is 4.26. The van der Waals surface area contributed by atoms with Gasteiger partial charge in [0.1, 0.15) is 5.69 Å². The third-order valence-electron chi connectivity index (χ3n) is 3.36. The van der Waals surface area contributed by atoms with Crippen molar-refractivity contribution in [3.05, 3.63) is 63.6 Å². The minimum absolute atomic E-state index is 0.0506. The van der Waals surface area contributed by atoms with E-state index in [2.05, 4.69) is 10.4 Å². The molecule has 2 rings (SSSR count). The van der Waals surface area contributed by atoms with Gasteiger partial charge in [-0.2, -0.15) is 5.10 Å². The summed E-state index contributed by atoms with van der Waals surface area (Å²) in [6, 6.07) is 9.11. The summed E-state index contributed by atoms with van der Waals surface area (Å²) in [6.45, 7) is 1.92. The lowest BCUT2D eigenvalue weighted by molar-refractivity contribution is -0.137. The summed E-state index contributed by atoms with van der Waals surface area (Å²) in [7, 11) is 1.44. The number of nitrogens with one attached hydrogen (secondary N) is 1. The summed E-state index contributed by atoms with van der Waals surface area (Å²) in [4.78, 5) is 34.6. The van der Waals surface area contributed by atoms with E-state index in [-0.39, 0.29) is 17.7 Å². The van der Waals surface area contributed by atoms with Crippen LogP contribution in [0.4, 0.5) is 0 Å². The quantitative estimate of drug-likeness (QED) is 0.858. The summed E-state index contributed by atoms with van der Waals surface area (Å²) in [5.41, 5.74) is 1.45. The van der Waals surface area contributed by atoms with Crippen molar-refractivity contribution in [2.24, 2.45) is 7.05 Å². The van der Waals surface area contributed by atoms with E-state index < -0.39 is 17.9 Å². The monoisotopic (exact) mass is 315 g/mol. The Morgan fingerprint density at radius 1 is 1.22 bits per heavy atom. The van der Waals surface area contributed by atoms with Gasteiger partial charge in [-0.3, -0.25) is 14.4 Å². The van der Waals surface area contributed by atoms with E-state index in [0.29, 0.717) is 5.56 Å². The molecular formula is C16H17N3O4. The molecule has 0 aliphatic rings. The van der Waals surface area contributed by atoms with Crippen LogP contribution in [-0.4, -0.2) is 26.8 Å². The molecule has 0 radical (unpaired) electrons. The van der Waals surface area contributed by atoms with Crippen molar-refractivity contribution in [3.63, 3.8) is 0 Å². The Kier molecular flexibility index (Phi) is 4.90. The third-order valence-corrected chi connectivity index (χ3v) is 3.36. The first-order valence-electron chi connectivity index (χ1n) is 7.00. The van der Waals surface area contributed by atoms with Gasteiger partial charge in [-0.1, -0.05) is 29.8 Å². The van der Waals surface area contributed by atoms with Crippen LogP contribution < -0.4 is 10.9 Å². The number of hydrogen-bond donors (Lipinski definition) is 2. The zero-order valence-electron chi connectivity index (χ0n) is 12.8. The van der Waals surface area contributed by atoms with Crippen molar-refractivity contribution < 1.29 is 14.7 Å². The Hall–Kier alpha value is -2.96. The first-order valence-corrected chi connectivity index (χ1v) is 7.00. The molecule has 0 aliphatic heterocycles. The lowest BCUT2D eigenvalue weighted by atomic mass is 10.0. The molecule has 1 atom stereocenters.